The van der Waals surface area contributed by atoms with Crippen molar-refractivity contribution in [2.45, 2.75) is 36.8 Å². The molecule has 0 spiro atoms. The van der Waals surface area contributed by atoms with Gasteiger partial charge in [0, 0.05) is 88.8 Å². The highest BCUT2D eigenvalue weighted by Gasteiger charge is 2.39. The number of ether oxygens (including phenoxy) is 9. The molecule has 31 heteroatoms. The quantitative estimate of drug-likeness (QED) is 0.0596. The molecule has 3 heterocycles. The van der Waals surface area contributed by atoms with E-state index in [1.54, 1.807) is 32.9 Å². The highest BCUT2D eigenvalue weighted by Crippen LogP contribution is 2.45. The lowest BCUT2D eigenvalue weighted by Gasteiger charge is -2.39. The summed E-state index contributed by atoms with van der Waals surface area (Å²) in [5.41, 5.74) is -0.859. The van der Waals surface area contributed by atoms with Crippen molar-refractivity contribution in [2.24, 2.45) is 0 Å². The number of aliphatic carboxylic acids is 3. The lowest BCUT2D eigenvalue weighted by Crippen LogP contribution is -2.50. The normalized spacial score (nSPS) is 15.8. The Labute approximate surface area is 521 Å². The van der Waals surface area contributed by atoms with E-state index in [0.717, 1.165) is 11.8 Å². The summed E-state index contributed by atoms with van der Waals surface area (Å²) in [6, 6.07) is 11.9. The number of anilines is 1. The molecule has 2 aliphatic heterocycles. The summed E-state index contributed by atoms with van der Waals surface area (Å²) in [4.78, 5) is 57.4. The van der Waals surface area contributed by atoms with Crippen LogP contribution in [-0.4, -0.2) is 276 Å². The summed E-state index contributed by atoms with van der Waals surface area (Å²) >= 11 is 6.66. The molecule has 1 fully saturated rings. The van der Waals surface area contributed by atoms with Crippen LogP contribution in [0.5, 0.6) is 5.75 Å². The van der Waals surface area contributed by atoms with Crippen molar-refractivity contribution < 1.29 is 98.7 Å². The van der Waals surface area contributed by atoms with Crippen molar-refractivity contribution in [1.82, 2.24) is 29.9 Å². The molecule has 0 unspecified atom stereocenters. The Balaban J connectivity index is 0.861. The Morgan fingerprint density at radius 1 is 0.618 bits per heavy atom. The zero-order valence-electron chi connectivity index (χ0n) is 50.3. The summed E-state index contributed by atoms with van der Waals surface area (Å²) in [6.45, 7) is 10.7. The molecular weight excluding hydrogens is 1220 g/mol. The van der Waals surface area contributed by atoms with E-state index in [-0.39, 0.29) is 137 Å². The second-order valence-corrected chi connectivity index (χ2v) is 23.4. The summed E-state index contributed by atoms with van der Waals surface area (Å²) in [5.74, 6) is -3.49. The largest absolute Gasteiger partial charge is 0.490 e. The summed E-state index contributed by atoms with van der Waals surface area (Å²) in [6.07, 6.45) is -3.49. The van der Waals surface area contributed by atoms with E-state index in [1.807, 2.05) is 30.9 Å². The molecule has 26 nitrogen and oxygen atoms in total. The van der Waals surface area contributed by atoms with Crippen molar-refractivity contribution in [1.29, 1.82) is 5.26 Å². The number of carboxylic acids is 3. The lowest BCUT2D eigenvalue weighted by molar-refractivity contribution is -0.141. The minimum absolute atomic E-state index is 0.00393. The molecule has 0 bridgehead atoms. The van der Waals surface area contributed by atoms with Crippen molar-refractivity contribution in [3.8, 4) is 22.9 Å². The maximum absolute atomic E-state index is 14.6. The third kappa shape index (κ3) is 26.5. The van der Waals surface area contributed by atoms with Gasteiger partial charge in [0.15, 0.2) is 0 Å². The van der Waals surface area contributed by atoms with Crippen molar-refractivity contribution in [3.05, 3.63) is 70.5 Å². The van der Waals surface area contributed by atoms with E-state index >= 15 is 0 Å². The van der Waals surface area contributed by atoms with E-state index in [1.165, 1.54) is 16.4 Å². The van der Waals surface area contributed by atoms with Crippen molar-refractivity contribution >= 4 is 51.1 Å². The number of sulfonamides is 1. The standard InChI is InChI=1S/C58H82ClF3N8O18S/c1-57(2)7-9-70(49-6-4-3-5-47(49)57)89(78,79)51-36-45(46-39-65-52(58(60,61)62)35-44(46)38-63)48(59)37-50(51)88-34-33-87-32-31-86-30-29-85-28-27-84-26-25-83-24-23-82-22-21-81-20-19-80-18-8-64-53(71)40-66-10-12-67(41-54(72)73)14-16-69(43-56(76)77)17-15-68(13-11-66)42-55(74)75/h3-6,35-37,39H,7-34,40-43H2,1-2H3,(H,64,71)(H,72,73)(H,74,75)(H,76,77). The smallest absolute Gasteiger partial charge is 0.433 e. The molecule has 4 N–H and O–H groups in total. The summed E-state index contributed by atoms with van der Waals surface area (Å²) < 4.78 is 121. The number of nitrogens with one attached hydrogen (secondary N) is 1. The molecular formula is C58H82ClF3N8O18S. The highest BCUT2D eigenvalue weighted by atomic mass is 35.5. The van der Waals surface area contributed by atoms with E-state index in [9.17, 15) is 61.3 Å². The number of carboxylic acid groups (broad SMARTS) is 3. The number of pyridine rings is 1. The van der Waals surface area contributed by atoms with Gasteiger partial charge in [-0.1, -0.05) is 43.6 Å². The highest BCUT2D eigenvalue weighted by molar-refractivity contribution is 7.93. The molecule has 89 heavy (non-hydrogen) atoms. The number of fused-ring (bicyclic) bond motifs is 1. The Morgan fingerprint density at radius 3 is 1.46 bits per heavy atom. The zero-order chi connectivity index (χ0) is 64.7. The number of hydrogen-bond acceptors (Lipinski definition) is 21. The number of aromatic nitrogens is 1. The lowest BCUT2D eigenvalue weighted by atomic mass is 9.78. The number of alkyl halides is 3. The second-order valence-electron chi connectivity index (χ2n) is 21.1. The van der Waals surface area contributed by atoms with Crippen LogP contribution in [0.3, 0.4) is 0 Å². The van der Waals surface area contributed by atoms with E-state index in [2.05, 4.69) is 10.3 Å². The number of amides is 1. The van der Waals surface area contributed by atoms with E-state index < -0.39 is 45.4 Å². The van der Waals surface area contributed by atoms with Crippen LogP contribution in [0.2, 0.25) is 5.02 Å². The minimum atomic E-state index is -4.82. The number of carbonyl (C=O) groups is 4. The topological polar surface area (TPSA) is 311 Å². The van der Waals surface area contributed by atoms with Gasteiger partial charge in [-0.15, -0.1) is 0 Å². The summed E-state index contributed by atoms with van der Waals surface area (Å²) in [5, 5.41) is 40.8. The van der Waals surface area contributed by atoms with Gasteiger partial charge in [-0.25, -0.2) is 8.42 Å². The first-order valence-corrected chi connectivity index (χ1v) is 30.9. The van der Waals surface area contributed by atoms with E-state index in [4.69, 9.17) is 54.2 Å². The van der Waals surface area contributed by atoms with Gasteiger partial charge in [0.2, 0.25) is 5.91 Å². The maximum atomic E-state index is 14.6. The molecule has 5 rings (SSSR count). The number of halogens is 4. The van der Waals surface area contributed by atoms with E-state index in [0.29, 0.717) is 124 Å². The van der Waals surface area contributed by atoms with Gasteiger partial charge in [-0.2, -0.15) is 18.4 Å². The first kappa shape index (κ1) is 73.8. The number of para-hydroxylation sites is 1. The fourth-order valence-corrected chi connectivity index (χ4v) is 11.3. The van der Waals surface area contributed by atoms with Gasteiger partial charge in [0.05, 0.1) is 154 Å². The number of nitriles is 1. The van der Waals surface area contributed by atoms with Crippen LogP contribution in [0, 0.1) is 11.3 Å². The average Bonchev–Trinajstić information content (AvgIpc) is 0.793. The Morgan fingerprint density at radius 2 is 1.03 bits per heavy atom. The van der Waals surface area contributed by atoms with Gasteiger partial charge in [0.25, 0.3) is 10.0 Å². The van der Waals surface area contributed by atoms with Crippen LogP contribution < -0.4 is 14.4 Å². The first-order chi connectivity index (χ1) is 42.6. The van der Waals surface area contributed by atoms with Crippen LogP contribution >= 0.6 is 11.6 Å². The number of nitrogens with zero attached hydrogens (tertiary/aromatic N) is 7. The molecule has 496 valence electrons. The summed E-state index contributed by atoms with van der Waals surface area (Å²) in [7, 11) is -4.40. The van der Waals surface area contributed by atoms with Gasteiger partial charge >= 0.3 is 24.1 Å². The van der Waals surface area contributed by atoms with Crippen LogP contribution in [0.4, 0.5) is 18.9 Å². The average molecular weight is 1300 g/mol. The second kappa shape index (κ2) is 38.7. The predicted octanol–water partition coefficient (Wildman–Crippen LogP) is 3.27. The fourth-order valence-electron chi connectivity index (χ4n) is 9.40. The van der Waals surface area contributed by atoms with Crippen LogP contribution in [0.1, 0.15) is 37.1 Å². The third-order valence-corrected chi connectivity index (χ3v) is 16.2. The maximum Gasteiger partial charge on any atom is 0.433 e. The number of carbonyl (C=O) groups excluding carboxylic acids is 1. The Bertz CT molecular complexity index is 2830. The Kier molecular flexibility index (Phi) is 32.1. The molecule has 0 saturated carbocycles. The zero-order valence-corrected chi connectivity index (χ0v) is 51.8. The third-order valence-electron chi connectivity index (χ3n) is 14.1. The molecule has 2 aromatic carbocycles. The van der Waals surface area contributed by atoms with Gasteiger partial charge < -0.3 is 63.3 Å². The molecule has 1 saturated heterocycles. The molecule has 0 radical (unpaired) electrons. The van der Waals surface area contributed by atoms with Crippen LogP contribution in [0.15, 0.2) is 53.6 Å². The first-order valence-electron chi connectivity index (χ1n) is 29.1. The van der Waals surface area contributed by atoms with Gasteiger partial charge in [0.1, 0.15) is 22.9 Å². The van der Waals surface area contributed by atoms with Crippen molar-refractivity contribution in [3.63, 3.8) is 0 Å². The van der Waals surface area contributed by atoms with Gasteiger partial charge in [-0.05, 0) is 35.6 Å². The van der Waals surface area contributed by atoms with Crippen molar-refractivity contribution in [2.75, 3.05) is 208 Å². The Hall–Kier alpha value is -5.89. The SMILES string of the molecule is CC1(C)CCN(S(=O)(=O)c2cc(-c3cnc(C(F)(F)F)cc3C#N)c(Cl)cc2OCCOCCOCCOCCOCCOCCOCCOCCOCCNC(=O)CN2CCN(CC(=O)O)CCN(CC(=O)O)CCN(CC(=O)O)CC2)c2ccccc21. The number of hydrogen-bond donors (Lipinski definition) is 4. The van der Waals surface area contributed by atoms with Crippen LogP contribution in [-0.2, 0) is 78.7 Å². The molecule has 0 atom stereocenters. The fraction of sp³-hybridized carbons (Fsp3) is 0.621. The molecule has 0 aliphatic carbocycles. The monoisotopic (exact) mass is 1300 g/mol. The van der Waals surface area contributed by atoms with Gasteiger partial charge in [-0.3, -0.25) is 48.1 Å². The van der Waals surface area contributed by atoms with Crippen LogP contribution in [0.25, 0.3) is 11.1 Å². The number of rotatable bonds is 39. The molecule has 2 aliphatic rings. The number of benzene rings is 2. The minimum Gasteiger partial charge on any atom is -0.490 e. The molecule has 1 amide bonds. The predicted molar refractivity (Wildman–Crippen MR) is 317 cm³/mol. The molecule has 1 aromatic heterocycles. The molecule has 3 aromatic rings.